The molecule has 29 heavy (non-hydrogen) atoms. The summed E-state index contributed by atoms with van der Waals surface area (Å²) in [6, 6.07) is 8.82. The highest BCUT2D eigenvalue weighted by molar-refractivity contribution is 6.09. The van der Waals surface area contributed by atoms with E-state index >= 15 is 0 Å². The van der Waals surface area contributed by atoms with Gasteiger partial charge in [0.2, 0.25) is 5.91 Å². The number of methoxy groups -OCH3 is 1. The fourth-order valence-corrected chi connectivity index (χ4v) is 3.15. The molecule has 1 heterocycles. The number of carbonyl (C=O) groups is 3. The van der Waals surface area contributed by atoms with Crippen LogP contribution in [0.4, 0.5) is 13.6 Å². The summed E-state index contributed by atoms with van der Waals surface area (Å²) in [6.45, 7) is 0.826. The van der Waals surface area contributed by atoms with E-state index in [1.165, 1.54) is 14.0 Å². The highest BCUT2D eigenvalue weighted by atomic mass is 19.1. The van der Waals surface area contributed by atoms with Gasteiger partial charge in [0.15, 0.2) is 0 Å². The van der Waals surface area contributed by atoms with Gasteiger partial charge in [-0.25, -0.2) is 13.6 Å². The highest BCUT2D eigenvalue weighted by Crippen LogP contribution is 2.31. The maximum atomic E-state index is 14.2. The summed E-state index contributed by atoms with van der Waals surface area (Å²) in [6.07, 6.45) is 0. The number of imide groups is 1. The van der Waals surface area contributed by atoms with Gasteiger partial charge in [0, 0.05) is 17.7 Å². The zero-order valence-corrected chi connectivity index (χ0v) is 15.8. The van der Waals surface area contributed by atoms with E-state index in [-0.39, 0.29) is 12.1 Å². The van der Waals surface area contributed by atoms with Crippen LogP contribution in [-0.4, -0.2) is 36.4 Å². The normalized spacial score (nSPS) is 18.6. The van der Waals surface area contributed by atoms with Crippen molar-refractivity contribution in [3.8, 4) is 5.75 Å². The second kappa shape index (κ2) is 7.86. The molecule has 0 bridgehead atoms. The first kappa shape index (κ1) is 20.2. The molecule has 1 saturated heterocycles. The Morgan fingerprint density at radius 1 is 1.21 bits per heavy atom. The van der Waals surface area contributed by atoms with E-state index in [4.69, 9.17) is 4.74 Å². The van der Waals surface area contributed by atoms with E-state index < -0.39 is 41.6 Å². The predicted molar refractivity (Wildman–Crippen MR) is 98.8 cm³/mol. The van der Waals surface area contributed by atoms with Crippen molar-refractivity contribution in [3.63, 3.8) is 0 Å². The molecule has 2 N–H and O–H groups in total. The number of rotatable bonds is 6. The molecule has 4 amide bonds. The van der Waals surface area contributed by atoms with E-state index in [1.807, 2.05) is 0 Å². The molecule has 0 aliphatic carbocycles. The number of urea groups is 1. The SMILES string of the molecule is COc1ccccc1CNC(=O)CN1C(=O)N[C@@](C)(c2cc(F)ccc2F)C1=O. The van der Waals surface area contributed by atoms with Gasteiger partial charge in [-0.2, -0.15) is 0 Å². The molecular formula is C20H19F2N3O4. The monoisotopic (exact) mass is 403 g/mol. The Hall–Kier alpha value is -3.49. The Morgan fingerprint density at radius 2 is 1.93 bits per heavy atom. The van der Waals surface area contributed by atoms with Crippen molar-refractivity contribution in [2.24, 2.45) is 0 Å². The molecular weight excluding hydrogens is 384 g/mol. The lowest BCUT2D eigenvalue weighted by Gasteiger charge is -2.22. The molecule has 1 aliphatic heterocycles. The number of carbonyl (C=O) groups excluding carboxylic acids is 3. The van der Waals surface area contributed by atoms with E-state index in [9.17, 15) is 23.2 Å². The summed E-state index contributed by atoms with van der Waals surface area (Å²) in [7, 11) is 1.50. The second-order valence-corrected chi connectivity index (χ2v) is 6.66. The van der Waals surface area contributed by atoms with Crippen LogP contribution in [0.5, 0.6) is 5.75 Å². The first-order chi connectivity index (χ1) is 13.8. The third-order valence-electron chi connectivity index (χ3n) is 4.71. The summed E-state index contributed by atoms with van der Waals surface area (Å²) >= 11 is 0. The molecule has 9 heteroatoms. The summed E-state index contributed by atoms with van der Waals surface area (Å²) in [4.78, 5) is 38.0. The van der Waals surface area contributed by atoms with Crippen LogP contribution in [0, 0.1) is 11.6 Å². The highest BCUT2D eigenvalue weighted by Gasteiger charge is 2.50. The number of hydrogen-bond acceptors (Lipinski definition) is 4. The van der Waals surface area contributed by atoms with Crippen LogP contribution in [0.25, 0.3) is 0 Å². The number of para-hydroxylation sites is 1. The number of benzene rings is 2. The molecule has 0 spiro atoms. The van der Waals surface area contributed by atoms with Crippen LogP contribution in [0.15, 0.2) is 42.5 Å². The van der Waals surface area contributed by atoms with E-state index in [2.05, 4.69) is 10.6 Å². The average molecular weight is 403 g/mol. The van der Waals surface area contributed by atoms with Crippen LogP contribution in [0.1, 0.15) is 18.1 Å². The molecule has 1 aliphatic rings. The Labute approximate surface area is 165 Å². The van der Waals surface area contributed by atoms with Gasteiger partial charge in [0.25, 0.3) is 5.91 Å². The van der Waals surface area contributed by atoms with Gasteiger partial charge in [-0.05, 0) is 31.2 Å². The van der Waals surface area contributed by atoms with Crippen LogP contribution in [0.3, 0.4) is 0 Å². The molecule has 0 radical (unpaired) electrons. The lowest BCUT2D eigenvalue weighted by Crippen LogP contribution is -2.43. The number of amides is 4. The van der Waals surface area contributed by atoms with Crippen molar-refractivity contribution >= 4 is 17.8 Å². The Kier molecular flexibility index (Phi) is 5.49. The average Bonchev–Trinajstić information content (AvgIpc) is 2.92. The summed E-state index contributed by atoms with van der Waals surface area (Å²) < 4.78 is 32.9. The fourth-order valence-electron chi connectivity index (χ4n) is 3.15. The molecule has 2 aromatic rings. The standard InChI is InChI=1S/C20H19F2N3O4/c1-20(14-9-13(21)7-8-15(14)22)18(27)25(19(28)24-20)11-17(26)23-10-12-5-3-4-6-16(12)29-2/h3-9H,10-11H2,1-2H3,(H,23,26)(H,24,28)/t20-/m0/s1. The van der Waals surface area contributed by atoms with Crippen molar-refractivity contribution < 1.29 is 27.9 Å². The van der Waals surface area contributed by atoms with Gasteiger partial charge in [-0.1, -0.05) is 18.2 Å². The molecule has 152 valence electrons. The number of halogens is 2. The minimum absolute atomic E-state index is 0.127. The zero-order valence-electron chi connectivity index (χ0n) is 15.8. The number of hydrogen-bond donors (Lipinski definition) is 2. The van der Waals surface area contributed by atoms with Gasteiger partial charge in [-0.15, -0.1) is 0 Å². The van der Waals surface area contributed by atoms with Crippen molar-refractivity contribution in [3.05, 3.63) is 65.2 Å². The van der Waals surface area contributed by atoms with E-state index in [1.54, 1.807) is 24.3 Å². The topological polar surface area (TPSA) is 87.7 Å². The first-order valence-corrected chi connectivity index (χ1v) is 8.74. The van der Waals surface area contributed by atoms with Gasteiger partial charge in [0.05, 0.1) is 7.11 Å². The maximum Gasteiger partial charge on any atom is 0.325 e. The second-order valence-electron chi connectivity index (χ2n) is 6.66. The summed E-state index contributed by atoms with van der Waals surface area (Å²) in [5, 5.41) is 4.95. The largest absolute Gasteiger partial charge is 0.496 e. The fraction of sp³-hybridized carbons (Fsp3) is 0.250. The lowest BCUT2D eigenvalue weighted by molar-refractivity contribution is -0.134. The molecule has 3 rings (SSSR count). The molecule has 2 aromatic carbocycles. The quantitative estimate of drug-likeness (QED) is 0.723. The van der Waals surface area contributed by atoms with Crippen molar-refractivity contribution in [1.82, 2.24) is 15.5 Å². The zero-order chi connectivity index (χ0) is 21.2. The molecule has 1 atom stereocenters. The predicted octanol–water partition coefficient (Wildman–Crippen LogP) is 2.06. The molecule has 1 fully saturated rings. The van der Waals surface area contributed by atoms with Crippen LogP contribution < -0.4 is 15.4 Å². The first-order valence-electron chi connectivity index (χ1n) is 8.74. The Balaban J connectivity index is 1.71. The van der Waals surface area contributed by atoms with E-state index in [0.29, 0.717) is 16.2 Å². The summed E-state index contributed by atoms with van der Waals surface area (Å²) in [5.74, 6) is -2.46. The molecule has 0 saturated carbocycles. The third kappa shape index (κ3) is 3.89. The molecule has 7 nitrogen and oxygen atoms in total. The number of ether oxygens (including phenoxy) is 1. The lowest BCUT2D eigenvalue weighted by atomic mass is 9.91. The minimum atomic E-state index is -1.81. The maximum absolute atomic E-state index is 14.2. The smallest absolute Gasteiger partial charge is 0.325 e. The van der Waals surface area contributed by atoms with Gasteiger partial charge in [0.1, 0.15) is 29.5 Å². The molecule has 0 unspecified atom stereocenters. The minimum Gasteiger partial charge on any atom is -0.496 e. The Morgan fingerprint density at radius 3 is 2.66 bits per heavy atom. The number of nitrogens with zero attached hydrogens (tertiary/aromatic N) is 1. The van der Waals surface area contributed by atoms with Crippen LogP contribution >= 0.6 is 0 Å². The third-order valence-corrected chi connectivity index (χ3v) is 4.71. The van der Waals surface area contributed by atoms with Gasteiger partial charge in [-0.3, -0.25) is 14.5 Å². The van der Waals surface area contributed by atoms with Crippen molar-refractivity contribution in [1.29, 1.82) is 0 Å². The molecule has 0 aromatic heterocycles. The van der Waals surface area contributed by atoms with Gasteiger partial charge < -0.3 is 15.4 Å². The van der Waals surface area contributed by atoms with Crippen LogP contribution in [0.2, 0.25) is 0 Å². The summed E-state index contributed by atoms with van der Waals surface area (Å²) in [5.41, 5.74) is -1.41. The number of nitrogens with one attached hydrogen (secondary N) is 2. The van der Waals surface area contributed by atoms with Crippen molar-refractivity contribution in [2.45, 2.75) is 19.0 Å². The van der Waals surface area contributed by atoms with Crippen molar-refractivity contribution in [2.75, 3.05) is 13.7 Å². The Bertz CT molecular complexity index is 982. The van der Waals surface area contributed by atoms with Gasteiger partial charge >= 0.3 is 6.03 Å². The van der Waals surface area contributed by atoms with Crippen LogP contribution in [-0.2, 0) is 21.7 Å². The van der Waals surface area contributed by atoms with E-state index in [0.717, 1.165) is 18.2 Å².